The van der Waals surface area contributed by atoms with Gasteiger partial charge in [0.05, 0.1) is 0 Å². The van der Waals surface area contributed by atoms with Crippen molar-refractivity contribution in [3.63, 3.8) is 0 Å². The Bertz CT molecular complexity index is 521. The van der Waals surface area contributed by atoms with Gasteiger partial charge in [-0.15, -0.1) is 0 Å². The number of ether oxygens (including phenoxy) is 1. The summed E-state index contributed by atoms with van der Waals surface area (Å²) in [6.07, 6.45) is 0. The summed E-state index contributed by atoms with van der Waals surface area (Å²) in [7, 11) is 1.42. The molecule has 0 radical (unpaired) electrons. The van der Waals surface area contributed by atoms with E-state index in [2.05, 4.69) is 0 Å². The molecule has 0 aliphatic carbocycles. The summed E-state index contributed by atoms with van der Waals surface area (Å²) >= 11 is -0.0459. The van der Waals surface area contributed by atoms with Crippen molar-refractivity contribution in [1.29, 1.82) is 0 Å². The van der Waals surface area contributed by atoms with Gasteiger partial charge in [0.2, 0.25) is 0 Å². The second-order valence-corrected chi connectivity index (χ2v) is 5.88. The Morgan fingerprint density at radius 2 is 1.50 bits per heavy atom. The van der Waals surface area contributed by atoms with Crippen molar-refractivity contribution in [2.45, 2.75) is 0 Å². The van der Waals surface area contributed by atoms with Gasteiger partial charge in [0.25, 0.3) is 0 Å². The molecule has 92 valence electrons. The van der Waals surface area contributed by atoms with Crippen LogP contribution in [0.4, 0.5) is 0 Å². The maximum absolute atomic E-state index is 11.9. The third-order valence-corrected chi connectivity index (χ3v) is 4.71. The van der Waals surface area contributed by atoms with Crippen LogP contribution in [-0.4, -0.2) is 22.1 Å². The van der Waals surface area contributed by atoms with E-state index in [1.54, 1.807) is 0 Å². The van der Waals surface area contributed by atoms with Gasteiger partial charge in [-0.2, -0.15) is 0 Å². The summed E-state index contributed by atoms with van der Waals surface area (Å²) in [6, 6.07) is 19.7. The maximum atomic E-state index is 11.9. The Hall–Kier alpha value is -1.70. The van der Waals surface area contributed by atoms with Gasteiger partial charge in [0.1, 0.15) is 0 Å². The van der Waals surface area contributed by atoms with Crippen molar-refractivity contribution < 1.29 is 9.84 Å². The molecule has 0 aromatic heterocycles. The van der Waals surface area contributed by atoms with Crippen LogP contribution in [0.5, 0.6) is 0 Å². The van der Waals surface area contributed by atoms with Gasteiger partial charge in [-0.25, -0.2) is 0 Å². The molecular formula is C15H13O2Se-. The zero-order chi connectivity index (χ0) is 12.8. The molecule has 0 atom stereocenters. The van der Waals surface area contributed by atoms with Gasteiger partial charge in [-0.3, -0.25) is 0 Å². The number of rotatable bonds is 4. The summed E-state index contributed by atoms with van der Waals surface area (Å²) in [5.74, 6) is -0.245. The quantitative estimate of drug-likeness (QED) is 0.631. The molecule has 3 heteroatoms. The summed E-state index contributed by atoms with van der Waals surface area (Å²) in [4.78, 5) is 0. The van der Waals surface area contributed by atoms with E-state index in [9.17, 15) is 5.11 Å². The Morgan fingerprint density at radius 1 is 0.944 bits per heavy atom. The normalized spacial score (nSPS) is 11.8. The molecule has 2 aromatic carbocycles. The van der Waals surface area contributed by atoms with Crippen LogP contribution >= 0.6 is 0 Å². The molecule has 0 aliphatic heterocycles. The molecule has 2 rings (SSSR count). The molecule has 0 amide bonds. The molecule has 0 saturated carbocycles. The average Bonchev–Trinajstić information content (AvgIpc) is 2.46. The molecule has 2 nitrogen and oxygen atoms in total. The Kier molecular flexibility index (Phi) is 4.46. The van der Waals surface area contributed by atoms with E-state index in [1.165, 1.54) is 7.11 Å². The standard InChI is InChI=1S/C15H14O2Se/c1-17-15(16)14(12-8-4-2-5-9-12)18-13-10-6-3-7-11-13/h2-11,16H,1H3/p-1/b15-14-. The van der Waals surface area contributed by atoms with E-state index in [0.717, 1.165) is 14.5 Å². The van der Waals surface area contributed by atoms with Crippen molar-refractivity contribution in [1.82, 2.24) is 0 Å². The van der Waals surface area contributed by atoms with E-state index >= 15 is 0 Å². The fraction of sp³-hybridized carbons (Fsp3) is 0.0667. The van der Waals surface area contributed by atoms with Crippen LogP contribution in [0.2, 0.25) is 0 Å². The number of hydrogen-bond donors (Lipinski definition) is 0. The van der Waals surface area contributed by atoms with Crippen LogP contribution in [0, 0.1) is 0 Å². The first-order valence-corrected chi connectivity index (χ1v) is 7.26. The fourth-order valence-electron chi connectivity index (χ4n) is 1.51. The molecule has 0 N–H and O–H groups in total. The second kappa shape index (κ2) is 6.29. The summed E-state index contributed by atoms with van der Waals surface area (Å²) in [5.41, 5.74) is 0.938. The van der Waals surface area contributed by atoms with Gasteiger partial charge in [-0.1, -0.05) is 0 Å². The molecule has 2 aromatic rings. The van der Waals surface area contributed by atoms with Crippen LogP contribution in [0.25, 0.3) is 4.47 Å². The predicted molar refractivity (Wildman–Crippen MR) is 72.2 cm³/mol. The van der Waals surface area contributed by atoms with Gasteiger partial charge >= 0.3 is 113 Å². The first-order chi connectivity index (χ1) is 8.81. The topological polar surface area (TPSA) is 32.3 Å². The van der Waals surface area contributed by atoms with Crippen molar-refractivity contribution in [2.75, 3.05) is 7.11 Å². The number of hydrogen-bond acceptors (Lipinski definition) is 2. The Balaban J connectivity index is 2.34. The molecule has 0 fully saturated rings. The van der Waals surface area contributed by atoms with Crippen LogP contribution in [0.3, 0.4) is 0 Å². The van der Waals surface area contributed by atoms with Crippen LogP contribution in [0.15, 0.2) is 66.6 Å². The second-order valence-electron chi connectivity index (χ2n) is 3.60. The van der Waals surface area contributed by atoms with Gasteiger partial charge in [-0.05, 0) is 0 Å². The van der Waals surface area contributed by atoms with Gasteiger partial charge < -0.3 is 0 Å². The summed E-state index contributed by atoms with van der Waals surface area (Å²) in [5, 5.41) is 11.9. The molecule has 0 spiro atoms. The van der Waals surface area contributed by atoms with Crippen molar-refractivity contribution in [3.8, 4) is 0 Å². The van der Waals surface area contributed by atoms with Crippen LogP contribution in [0.1, 0.15) is 5.56 Å². The Morgan fingerprint density at radius 3 is 2.06 bits per heavy atom. The van der Waals surface area contributed by atoms with Crippen molar-refractivity contribution in [2.24, 2.45) is 0 Å². The summed E-state index contributed by atoms with van der Waals surface area (Å²) < 4.78 is 6.79. The molecule has 0 aliphatic rings. The molecule has 0 saturated heterocycles. The average molecular weight is 304 g/mol. The van der Waals surface area contributed by atoms with Gasteiger partial charge in [0.15, 0.2) is 0 Å². The zero-order valence-corrected chi connectivity index (χ0v) is 11.7. The predicted octanol–water partition coefficient (Wildman–Crippen LogP) is 1.35. The molecule has 0 bridgehead atoms. The van der Waals surface area contributed by atoms with E-state index in [1.807, 2.05) is 60.7 Å². The number of benzene rings is 2. The first-order valence-electron chi connectivity index (χ1n) is 5.55. The Labute approximate surface area is 113 Å². The van der Waals surface area contributed by atoms with E-state index in [4.69, 9.17) is 4.74 Å². The molecule has 0 unspecified atom stereocenters. The van der Waals surface area contributed by atoms with Crippen LogP contribution in [-0.2, 0) is 4.74 Å². The zero-order valence-electron chi connectivity index (χ0n) is 10.00. The van der Waals surface area contributed by atoms with E-state index < -0.39 is 0 Å². The molecule has 18 heavy (non-hydrogen) atoms. The van der Waals surface area contributed by atoms with Crippen molar-refractivity contribution in [3.05, 3.63) is 72.2 Å². The van der Waals surface area contributed by atoms with Crippen molar-refractivity contribution >= 4 is 23.9 Å². The van der Waals surface area contributed by atoms with E-state index in [-0.39, 0.29) is 20.9 Å². The minimum atomic E-state index is -0.245. The summed E-state index contributed by atoms with van der Waals surface area (Å²) in [6.45, 7) is 0. The third-order valence-electron chi connectivity index (χ3n) is 2.37. The van der Waals surface area contributed by atoms with Gasteiger partial charge in [0, 0.05) is 0 Å². The monoisotopic (exact) mass is 305 g/mol. The van der Waals surface area contributed by atoms with Crippen LogP contribution < -0.4 is 9.57 Å². The first kappa shape index (κ1) is 12.7. The van der Waals surface area contributed by atoms with E-state index in [0.29, 0.717) is 0 Å². The minimum absolute atomic E-state index is 0.0459. The third kappa shape index (κ3) is 3.16. The number of methoxy groups -OCH3 is 1. The molecular weight excluding hydrogens is 291 g/mol. The SMILES string of the molecule is CO/C([O-])=C(\[Se]c1ccccc1)c1ccccc1. The molecule has 0 heterocycles. The fourth-order valence-corrected chi connectivity index (χ4v) is 3.50.